The molecule has 0 aromatic rings. The highest BCUT2D eigenvalue weighted by molar-refractivity contribution is 5.78. The number of rotatable bonds is 4. The van der Waals surface area contributed by atoms with Crippen molar-refractivity contribution < 1.29 is 9.59 Å². The standard InChI is InChI=1S/C15H28N4O2/c1-15(2,3)11-16-14(21)19-8-6-18(7-9-19)10-13(20)17-12-4-5-12/h12H,4-11H2,1-3H3,(H,16,21)(H,17,20). The Balaban J connectivity index is 1.65. The number of hydrogen-bond donors (Lipinski definition) is 2. The van der Waals surface area contributed by atoms with Gasteiger partial charge in [-0.15, -0.1) is 0 Å². The minimum atomic E-state index is 0.00649. The number of piperazine rings is 1. The largest absolute Gasteiger partial charge is 0.352 e. The third-order valence-electron chi connectivity index (χ3n) is 3.74. The molecule has 1 aliphatic heterocycles. The zero-order valence-corrected chi connectivity index (χ0v) is 13.4. The minimum absolute atomic E-state index is 0.00649. The summed E-state index contributed by atoms with van der Waals surface area (Å²) in [4.78, 5) is 27.7. The van der Waals surface area contributed by atoms with Crippen LogP contribution in [0.3, 0.4) is 0 Å². The first-order valence-electron chi connectivity index (χ1n) is 7.88. The second kappa shape index (κ2) is 6.64. The Hall–Kier alpha value is -1.30. The Morgan fingerprint density at radius 3 is 2.24 bits per heavy atom. The van der Waals surface area contributed by atoms with Crippen molar-refractivity contribution in [2.24, 2.45) is 5.41 Å². The van der Waals surface area contributed by atoms with Crippen LogP contribution >= 0.6 is 0 Å². The van der Waals surface area contributed by atoms with E-state index in [1.54, 1.807) is 0 Å². The molecule has 2 aliphatic rings. The van der Waals surface area contributed by atoms with Gasteiger partial charge < -0.3 is 15.5 Å². The molecule has 120 valence electrons. The Bertz CT molecular complexity index is 380. The van der Waals surface area contributed by atoms with Crippen molar-refractivity contribution in [1.29, 1.82) is 0 Å². The maximum Gasteiger partial charge on any atom is 0.317 e. The van der Waals surface area contributed by atoms with Crippen LogP contribution in [-0.4, -0.2) is 67.0 Å². The zero-order valence-electron chi connectivity index (χ0n) is 13.4. The smallest absolute Gasteiger partial charge is 0.317 e. The molecular weight excluding hydrogens is 268 g/mol. The molecular formula is C15H28N4O2. The van der Waals surface area contributed by atoms with E-state index in [-0.39, 0.29) is 17.4 Å². The van der Waals surface area contributed by atoms with Gasteiger partial charge in [0.2, 0.25) is 5.91 Å². The third kappa shape index (κ3) is 5.91. The van der Waals surface area contributed by atoms with Crippen LogP contribution in [0, 0.1) is 5.41 Å². The van der Waals surface area contributed by atoms with Crippen molar-refractivity contribution in [2.75, 3.05) is 39.3 Å². The van der Waals surface area contributed by atoms with Gasteiger partial charge in [-0.05, 0) is 18.3 Å². The summed E-state index contributed by atoms with van der Waals surface area (Å²) in [5.74, 6) is 0.114. The molecule has 1 saturated heterocycles. The van der Waals surface area contributed by atoms with E-state index in [0.29, 0.717) is 32.2 Å². The van der Waals surface area contributed by atoms with E-state index in [2.05, 4.69) is 36.3 Å². The molecule has 6 nitrogen and oxygen atoms in total. The first-order chi connectivity index (χ1) is 9.83. The number of carbonyl (C=O) groups is 2. The van der Waals surface area contributed by atoms with Gasteiger partial charge in [0.15, 0.2) is 0 Å². The zero-order chi connectivity index (χ0) is 15.5. The first-order valence-corrected chi connectivity index (χ1v) is 7.88. The Morgan fingerprint density at radius 1 is 1.10 bits per heavy atom. The molecule has 0 aromatic carbocycles. The quantitative estimate of drug-likeness (QED) is 0.800. The minimum Gasteiger partial charge on any atom is -0.352 e. The SMILES string of the molecule is CC(C)(C)CNC(=O)N1CCN(CC(=O)NC2CC2)CC1. The van der Waals surface area contributed by atoms with Crippen LogP contribution in [0.1, 0.15) is 33.6 Å². The van der Waals surface area contributed by atoms with Gasteiger partial charge in [0.05, 0.1) is 6.54 Å². The molecule has 1 saturated carbocycles. The molecule has 0 unspecified atom stereocenters. The van der Waals surface area contributed by atoms with E-state index < -0.39 is 0 Å². The molecule has 0 atom stereocenters. The molecule has 3 amide bonds. The van der Waals surface area contributed by atoms with Crippen molar-refractivity contribution in [2.45, 2.75) is 39.7 Å². The summed E-state index contributed by atoms with van der Waals surface area (Å²) in [5, 5.41) is 5.97. The number of urea groups is 1. The van der Waals surface area contributed by atoms with Crippen LogP contribution in [0.2, 0.25) is 0 Å². The average molecular weight is 296 g/mol. The molecule has 1 aliphatic carbocycles. The van der Waals surface area contributed by atoms with E-state index in [0.717, 1.165) is 25.9 Å². The van der Waals surface area contributed by atoms with E-state index in [9.17, 15) is 9.59 Å². The number of amides is 3. The van der Waals surface area contributed by atoms with Crippen LogP contribution in [-0.2, 0) is 4.79 Å². The van der Waals surface area contributed by atoms with Crippen LogP contribution in [0.25, 0.3) is 0 Å². The van der Waals surface area contributed by atoms with Crippen molar-refractivity contribution in [3.8, 4) is 0 Å². The Morgan fingerprint density at radius 2 is 1.71 bits per heavy atom. The molecule has 21 heavy (non-hydrogen) atoms. The summed E-state index contributed by atoms with van der Waals surface area (Å²) in [6.45, 7) is 10.3. The summed E-state index contributed by atoms with van der Waals surface area (Å²) >= 11 is 0. The fourth-order valence-corrected chi connectivity index (χ4v) is 2.27. The van der Waals surface area contributed by atoms with Gasteiger partial charge >= 0.3 is 6.03 Å². The van der Waals surface area contributed by atoms with Crippen LogP contribution < -0.4 is 10.6 Å². The molecule has 0 bridgehead atoms. The second-order valence-corrected chi connectivity index (χ2v) is 7.32. The van der Waals surface area contributed by atoms with Crippen molar-refractivity contribution in [3.63, 3.8) is 0 Å². The van der Waals surface area contributed by atoms with Gasteiger partial charge in [-0.25, -0.2) is 4.79 Å². The maximum atomic E-state index is 12.0. The summed E-state index contributed by atoms with van der Waals surface area (Å²) in [7, 11) is 0. The average Bonchev–Trinajstić information content (AvgIpc) is 3.19. The van der Waals surface area contributed by atoms with E-state index >= 15 is 0 Å². The van der Waals surface area contributed by atoms with Crippen LogP contribution in [0.4, 0.5) is 4.79 Å². The molecule has 6 heteroatoms. The maximum absolute atomic E-state index is 12.0. The van der Waals surface area contributed by atoms with Gasteiger partial charge in [-0.3, -0.25) is 9.69 Å². The molecule has 0 aromatic heterocycles. The summed E-state index contributed by atoms with van der Waals surface area (Å²) in [6, 6.07) is 0.425. The summed E-state index contributed by atoms with van der Waals surface area (Å²) in [5.41, 5.74) is 0.0956. The second-order valence-electron chi connectivity index (χ2n) is 7.32. The Labute approximate surface area is 127 Å². The lowest BCUT2D eigenvalue weighted by molar-refractivity contribution is -0.122. The molecule has 2 N–H and O–H groups in total. The Kier molecular flexibility index (Phi) is 5.08. The molecule has 1 heterocycles. The third-order valence-corrected chi connectivity index (χ3v) is 3.74. The lowest BCUT2D eigenvalue weighted by Gasteiger charge is -2.34. The van der Waals surface area contributed by atoms with Gasteiger partial charge in [-0.1, -0.05) is 20.8 Å². The highest BCUT2D eigenvalue weighted by Crippen LogP contribution is 2.18. The van der Waals surface area contributed by atoms with Crippen LogP contribution in [0.5, 0.6) is 0 Å². The molecule has 0 radical (unpaired) electrons. The topological polar surface area (TPSA) is 64.7 Å². The lowest BCUT2D eigenvalue weighted by Crippen LogP contribution is -2.54. The summed E-state index contributed by atoms with van der Waals surface area (Å²) < 4.78 is 0. The van der Waals surface area contributed by atoms with E-state index in [1.807, 2.05) is 4.90 Å². The number of nitrogens with one attached hydrogen (secondary N) is 2. The highest BCUT2D eigenvalue weighted by atomic mass is 16.2. The lowest BCUT2D eigenvalue weighted by atomic mass is 9.97. The monoisotopic (exact) mass is 296 g/mol. The van der Waals surface area contributed by atoms with Gasteiger partial charge in [0.1, 0.15) is 0 Å². The number of hydrogen-bond acceptors (Lipinski definition) is 3. The predicted octanol–water partition coefficient (Wildman–Crippen LogP) is 0.638. The predicted molar refractivity (Wildman–Crippen MR) is 82.0 cm³/mol. The molecule has 0 spiro atoms. The normalized spacial score (nSPS) is 20.2. The number of nitrogens with zero attached hydrogens (tertiary/aromatic N) is 2. The van der Waals surface area contributed by atoms with Gasteiger partial charge in [-0.2, -0.15) is 0 Å². The van der Waals surface area contributed by atoms with Crippen molar-refractivity contribution in [1.82, 2.24) is 20.4 Å². The fraction of sp³-hybridized carbons (Fsp3) is 0.867. The van der Waals surface area contributed by atoms with Crippen molar-refractivity contribution >= 4 is 11.9 Å². The molecule has 2 rings (SSSR count). The van der Waals surface area contributed by atoms with E-state index in [4.69, 9.17) is 0 Å². The molecule has 2 fully saturated rings. The van der Waals surface area contributed by atoms with Crippen LogP contribution in [0.15, 0.2) is 0 Å². The van der Waals surface area contributed by atoms with E-state index in [1.165, 1.54) is 0 Å². The fourth-order valence-electron chi connectivity index (χ4n) is 2.27. The number of carbonyl (C=O) groups excluding carboxylic acids is 2. The first kappa shape index (κ1) is 16.1. The summed E-state index contributed by atoms with van der Waals surface area (Å²) in [6.07, 6.45) is 2.24. The highest BCUT2D eigenvalue weighted by Gasteiger charge is 2.26. The van der Waals surface area contributed by atoms with Gasteiger partial charge in [0.25, 0.3) is 0 Å². The van der Waals surface area contributed by atoms with Crippen molar-refractivity contribution in [3.05, 3.63) is 0 Å². The van der Waals surface area contributed by atoms with Gasteiger partial charge in [0, 0.05) is 38.8 Å².